The van der Waals surface area contributed by atoms with E-state index in [0.29, 0.717) is 6.04 Å². The zero-order valence-corrected chi connectivity index (χ0v) is 11.3. The fraction of sp³-hybridized carbons (Fsp3) is 0.429. The molecule has 0 amide bonds. The van der Waals surface area contributed by atoms with E-state index >= 15 is 0 Å². The third-order valence-corrected chi connectivity index (χ3v) is 3.39. The molecule has 1 heterocycles. The summed E-state index contributed by atoms with van der Waals surface area (Å²) in [6, 6.07) is 6.55. The Labute approximate surface area is 111 Å². The highest BCUT2D eigenvalue weighted by atomic mass is 79.9. The third-order valence-electron chi connectivity index (χ3n) is 2.90. The summed E-state index contributed by atoms with van der Waals surface area (Å²) in [7, 11) is 0. The van der Waals surface area contributed by atoms with E-state index in [2.05, 4.69) is 33.2 Å². The van der Waals surface area contributed by atoms with Crippen molar-refractivity contribution in [1.29, 1.82) is 0 Å². The highest BCUT2D eigenvalue weighted by Gasteiger charge is 2.20. The maximum Gasteiger partial charge on any atom is 0.124 e. The first-order valence-electron chi connectivity index (χ1n) is 5.90. The summed E-state index contributed by atoms with van der Waals surface area (Å²) >= 11 is 3.50. The van der Waals surface area contributed by atoms with Gasteiger partial charge in [0.15, 0.2) is 0 Å². The van der Waals surface area contributed by atoms with Crippen LogP contribution in [-0.2, 0) is 0 Å². The average molecular weight is 294 g/mol. The molecule has 17 heavy (non-hydrogen) atoms. The van der Waals surface area contributed by atoms with Crippen molar-refractivity contribution >= 4 is 15.9 Å². The van der Waals surface area contributed by atoms with Gasteiger partial charge in [-0.1, -0.05) is 15.9 Å². The van der Waals surface area contributed by atoms with Crippen LogP contribution in [0.15, 0.2) is 22.7 Å². The molecule has 1 aliphatic heterocycles. The van der Waals surface area contributed by atoms with E-state index in [4.69, 9.17) is 11.2 Å². The maximum atomic E-state index is 5.64. The number of unbranched alkanes of at least 4 members (excludes halogenated alkanes) is 1. The van der Waals surface area contributed by atoms with E-state index in [-0.39, 0.29) is 0 Å². The molecule has 1 atom stereocenters. The quantitative estimate of drug-likeness (QED) is 0.679. The first-order chi connectivity index (χ1) is 8.31. The Bertz CT molecular complexity index is 425. The van der Waals surface area contributed by atoms with Crippen LogP contribution < -0.4 is 10.1 Å². The minimum absolute atomic E-state index is 0.383. The third kappa shape index (κ3) is 3.24. The second-order valence-electron chi connectivity index (χ2n) is 4.13. The second kappa shape index (κ2) is 6.09. The number of hydrogen-bond donors (Lipinski definition) is 1. The number of ether oxygens (including phenoxy) is 1. The highest BCUT2D eigenvalue weighted by molar-refractivity contribution is 9.10. The lowest BCUT2D eigenvalue weighted by molar-refractivity contribution is 0.252. The Morgan fingerprint density at radius 3 is 3.24 bits per heavy atom. The highest BCUT2D eigenvalue weighted by Crippen LogP contribution is 2.33. The Balaban J connectivity index is 2.01. The molecule has 0 aromatic heterocycles. The molecule has 0 aliphatic carbocycles. The predicted octanol–water partition coefficient (Wildman–Crippen LogP) is 3.28. The van der Waals surface area contributed by atoms with Gasteiger partial charge in [-0.15, -0.1) is 12.3 Å². The molecule has 1 aromatic carbocycles. The number of terminal acetylenes is 1. The summed E-state index contributed by atoms with van der Waals surface area (Å²) in [5.41, 5.74) is 1.24. The zero-order valence-electron chi connectivity index (χ0n) is 9.71. The minimum Gasteiger partial charge on any atom is -0.493 e. The van der Waals surface area contributed by atoms with Crippen LogP contribution in [0.2, 0.25) is 0 Å². The van der Waals surface area contributed by atoms with Crippen LogP contribution >= 0.6 is 15.9 Å². The molecule has 90 valence electrons. The van der Waals surface area contributed by atoms with Gasteiger partial charge in [0, 0.05) is 28.9 Å². The molecule has 0 radical (unpaired) electrons. The van der Waals surface area contributed by atoms with Crippen LogP contribution in [0.25, 0.3) is 0 Å². The van der Waals surface area contributed by atoms with Gasteiger partial charge in [0.1, 0.15) is 5.75 Å². The lowest BCUT2D eigenvalue weighted by Gasteiger charge is -2.27. The normalized spacial score (nSPS) is 18.0. The van der Waals surface area contributed by atoms with Gasteiger partial charge in [-0.25, -0.2) is 0 Å². The van der Waals surface area contributed by atoms with Gasteiger partial charge in [0.25, 0.3) is 0 Å². The number of rotatable bonds is 4. The van der Waals surface area contributed by atoms with Gasteiger partial charge in [0.2, 0.25) is 0 Å². The molecule has 1 N–H and O–H groups in total. The van der Waals surface area contributed by atoms with Crippen LogP contribution in [0.4, 0.5) is 0 Å². The average Bonchev–Trinajstić information content (AvgIpc) is 2.35. The summed E-state index contributed by atoms with van der Waals surface area (Å²) in [6.07, 6.45) is 8.11. The van der Waals surface area contributed by atoms with E-state index in [0.717, 1.165) is 42.6 Å². The topological polar surface area (TPSA) is 21.3 Å². The van der Waals surface area contributed by atoms with E-state index < -0.39 is 0 Å². The van der Waals surface area contributed by atoms with Crippen LogP contribution in [0.1, 0.15) is 30.9 Å². The maximum absolute atomic E-state index is 5.64. The van der Waals surface area contributed by atoms with E-state index in [1.54, 1.807) is 0 Å². The van der Waals surface area contributed by atoms with Crippen molar-refractivity contribution in [3.63, 3.8) is 0 Å². The van der Waals surface area contributed by atoms with Crippen LogP contribution in [0.5, 0.6) is 5.75 Å². The largest absolute Gasteiger partial charge is 0.493 e. The van der Waals surface area contributed by atoms with Gasteiger partial charge >= 0.3 is 0 Å². The van der Waals surface area contributed by atoms with Crippen molar-refractivity contribution in [3.05, 3.63) is 28.2 Å². The Morgan fingerprint density at radius 2 is 2.41 bits per heavy atom. The Kier molecular flexibility index (Phi) is 4.47. The molecular weight excluding hydrogens is 278 g/mol. The molecule has 1 unspecified atom stereocenters. The number of hydrogen-bond acceptors (Lipinski definition) is 2. The molecule has 2 nitrogen and oxygen atoms in total. The van der Waals surface area contributed by atoms with Crippen LogP contribution in [0.3, 0.4) is 0 Å². The molecular formula is C14H16BrNO. The van der Waals surface area contributed by atoms with Gasteiger partial charge in [0.05, 0.1) is 6.61 Å². The van der Waals surface area contributed by atoms with Gasteiger partial charge in [-0.2, -0.15) is 0 Å². The molecule has 0 saturated heterocycles. The molecule has 3 heteroatoms. The van der Waals surface area contributed by atoms with Crippen molar-refractivity contribution < 1.29 is 4.74 Å². The van der Waals surface area contributed by atoms with Crippen molar-refractivity contribution in [2.24, 2.45) is 0 Å². The second-order valence-corrected chi connectivity index (χ2v) is 5.05. The molecule has 1 aromatic rings. The zero-order chi connectivity index (χ0) is 12.1. The van der Waals surface area contributed by atoms with Crippen molar-refractivity contribution in [1.82, 2.24) is 5.32 Å². The lowest BCUT2D eigenvalue weighted by atomic mass is 10.0. The standard InChI is InChI=1S/C14H16BrNO/c1-2-3-4-8-16-13-7-9-17-14-6-5-11(15)10-12(13)14/h1,5-6,10,13,16H,3-4,7-9H2. The van der Waals surface area contributed by atoms with Crippen LogP contribution in [-0.4, -0.2) is 13.2 Å². The Morgan fingerprint density at radius 1 is 1.53 bits per heavy atom. The summed E-state index contributed by atoms with van der Waals surface area (Å²) in [6.45, 7) is 1.74. The van der Waals surface area contributed by atoms with Gasteiger partial charge in [-0.3, -0.25) is 0 Å². The lowest BCUT2D eigenvalue weighted by Crippen LogP contribution is -2.27. The molecule has 0 fully saturated rings. The molecule has 0 spiro atoms. The van der Waals surface area contributed by atoms with Crippen molar-refractivity contribution in [2.75, 3.05) is 13.2 Å². The number of fused-ring (bicyclic) bond motifs is 1. The summed E-state index contributed by atoms with van der Waals surface area (Å²) in [5, 5.41) is 3.54. The number of halogens is 1. The molecule has 0 bridgehead atoms. The fourth-order valence-corrected chi connectivity index (χ4v) is 2.42. The number of benzene rings is 1. The molecule has 0 saturated carbocycles. The fourth-order valence-electron chi connectivity index (χ4n) is 2.04. The van der Waals surface area contributed by atoms with Crippen molar-refractivity contribution in [3.8, 4) is 18.1 Å². The van der Waals surface area contributed by atoms with Gasteiger partial charge in [-0.05, 0) is 31.2 Å². The van der Waals surface area contributed by atoms with E-state index in [1.807, 2.05) is 12.1 Å². The smallest absolute Gasteiger partial charge is 0.124 e. The monoisotopic (exact) mass is 293 g/mol. The molecule has 1 aliphatic rings. The summed E-state index contributed by atoms with van der Waals surface area (Å²) in [5.74, 6) is 3.66. The predicted molar refractivity (Wildman–Crippen MR) is 73.1 cm³/mol. The van der Waals surface area contributed by atoms with E-state index in [1.165, 1.54) is 5.56 Å². The Hall–Kier alpha value is -0.980. The SMILES string of the molecule is C#CCCCNC1CCOc2ccc(Br)cc21. The van der Waals surface area contributed by atoms with Crippen LogP contribution in [0, 0.1) is 12.3 Å². The first kappa shape index (κ1) is 12.5. The van der Waals surface area contributed by atoms with Crippen molar-refractivity contribution in [2.45, 2.75) is 25.3 Å². The molecule has 2 rings (SSSR count). The van der Waals surface area contributed by atoms with E-state index in [9.17, 15) is 0 Å². The summed E-state index contributed by atoms with van der Waals surface area (Å²) < 4.78 is 6.74. The van der Waals surface area contributed by atoms with Gasteiger partial charge < -0.3 is 10.1 Å². The minimum atomic E-state index is 0.383. The number of nitrogens with one attached hydrogen (secondary N) is 1. The summed E-state index contributed by atoms with van der Waals surface area (Å²) in [4.78, 5) is 0. The first-order valence-corrected chi connectivity index (χ1v) is 6.69.